The fourth-order valence-corrected chi connectivity index (χ4v) is 0.402. The van der Waals surface area contributed by atoms with Gasteiger partial charge >= 0.3 is 0 Å². The molecule has 0 amide bonds. The van der Waals surface area contributed by atoms with Crippen molar-refractivity contribution in [2.75, 3.05) is 7.11 Å². The summed E-state index contributed by atoms with van der Waals surface area (Å²) in [5.41, 5.74) is 0.931. The van der Waals surface area contributed by atoms with Gasteiger partial charge in [0.2, 0.25) is 0 Å². The zero-order valence-electron chi connectivity index (χ0n) is 5.06. The number of hydrogen-bond acceptors (Lipinski definition) is 1. The van der Waals surface area contributed by atoms with Gasteiger partial charge < -0.3 is 4.74 Å². The summed E-state index contributed by atoms with van der Waals surface area (Å²) >= 11 is 0. The SMILES string of the molecule is C[B]/C(=C/C)OC. The van der Waals surface area contributed by atoms with E-state index in [0.29, 0.717) is 0 Å². The Labute approximate surface area is 45.6 Å². The van der Waals surface area contributed by atoms with Crippen molar-refractivity contribution in [2.24, 2.45) is 0 Å². The van der Waals surface area contributed by atoms with Crippen LogP contribution in [-0.4, -0.2) is 14.4 Å². The van der Waals surface area contributed by atoms with Crippen molar-refractivity contribution in [1.29, 1.82) is 0 Å². The molecule has 0 bridgehead atoms. The Morgan fingerprint density at radius 3 is 2.29 bits per heavy atom. The largest absolute Gasteiger partial charge is 0.512 e. The van der Waals surface area contributed by atoms with Crippen LogP contribution in [0.2, 0.25) is 6.82 Å². The summed E-state index contributed by atoms with van der Waals surface area (Å²) in [7, 11) is 3.58. The van der Waals surface area contributed by atoms with Crippen LogP contribution in [0, 0.1) is 0 Å². The average Bonchev–Trinajstić information content (AvgIpc) is 1.72. The van der Waals surface area contributed by atoms with Gasteiger partial charge in [-0.3, -0.25) is 0 Å². The van der Waals surface area contributed by atoms with Crippen LogP contribution < -0.4 is 0 Å². The second-order valence-electron chi connectivity index (χ2n) is 1.18. The second kappa shape index (κ2) is 3.78. The Balaban J connectivity index is 3.38. The lowest BCUT2D eigenvalue weighted by Gasteiger charge is -1.97. The Morgan fingerprint density at radius 1 is 1.71 bits per heavy atom. The van der Waals surface area contributed by atoms with Gasteiger partial charge in [0.1, 0.15) is 0 Å². The van der Waals surface area contributed by atoms with Crippen molar-refractivity contribution < 1.29 is 4.74 Å². The number of hydrogen-bond donors (Lipinski definition) is 0. The third kappa shape index (κ3) is 2.32. The fourth-order valence-electron chi connectivity index (χ4n) is 0.402. The molecule has 1 nitrogen and oxygen atoms in total. The van der Waals surface area contributed by atoms with Crippen LogP contribution >= 0.6 is 0 Å². The molecule has 2 heteroatoms. The van der Waals surface area contributed by atoms with E-state index in [-0.39, 0.29) is 0 Å². The van der Waals surface area contributed by atoms with Gasteiger partial charge in [-0.15, -0.1) is 0 Å². The summed E-state index contributed by atoms with van der Waals surface area (Å²) in [5.74, 6) is 0. The van der Waals surface area contributed by atoms with E-state index in [1.54, 1.807) is 7.11 Å². The second-order valence-corrected chi connectivity index (χ2v) is 1.18. The van der Waals surface area contributed by atoms with Crippen LogP contribution in [0.1, 0.15) is 6.92 Å². The molecule has 39 valence electrons. The van der Waals surface area contributed by atoms with Gasteiger partial charge in [0.05, 0.1) is 7.11 Å². The minimum atomic E-state index is 0.931. The Kier molecular flexibility index (Phi) is 3.57. The summed E-state index contributed by atoms with van der Waals surface area (Å²) in [5, 5.41) is 0. The molecule has 0 aliphatic carbocycles. The number of rotatable bonds is 2. The molecule has 0 N–H and O–H groups in total. The molecule has 0 aliphatic rings. The normalized spacial score (nSPS) is 11.0. The molecule has 0 saturated heterocycles. The van der Waals surface area contributed by atoms with E-state index in [1.807, 2.05) is 27.1 Å². The van der Waals surface area contributed by atoms with Gasteiger partial charge in [0.15, 0.2) is 7.28 Å². The highest BCUT2D eigenvalue weighted by Gasteiger charge is 1.85. The molecule has 7 heavy (non-hydrogen) atoms. The summed E-state index contributed by atoms with van der Waals surface area (Å²) in [4.78, 5) is 0. The van der Waals surface area contributed by atoms with Crippen molar-refractivity contribution in [1.82, 2.24) is 0 Å². The van der Waals surface area contributed by atoms with Crippen molar-refractivity contribution >= 4 is 7.28 Å². The van der Waals surface area contributed by atoms with Crippen LogP contribution in [0.15, 0.2) is 11.7 Å². The van der Waals surface area contributed by atoms with Gasteiger partial charge in [0.25, 0.3) is 0 Å². The Bertz CT molecular complexity index is 62.5. The highest BCUT2D eigenvalue weighted by molar-refractivity contribution is 6.42. The van der Waals surface area contributed by atoms with Crippen molar-refractivity contribution in [3.8, 4) is 0 Å². The predicted octanol–water partition coefficient (Wildman–Crippen LogP) is 1.25. The van der Waals surface area contributed by atoms with Gasteiger partial charge in [-0.05, 0) is 6.92 Å². The van der Waals surface area contributed by atoms with Gasteiger partial charge in [-0.1, -0.05) is 12.9 Å². The lowest BCUT2D eigenvalue weighted by molar-refractivity contribution is 0.319. The van der Waals surface area contributed by atoms with E-state index >= 15 is 0 Å². The quantitative estimate of drug-likeness (QED) is 0.372. The van der Waals surface area contributed by atoms with E-state index in [0.717, 1.165) is 5.66 Å². The number of methoxy groups -OCH3 is 1. The average molecular weight is 96.9 g/mol. The lowest BCUT2D eigenvalue weighted by Crippen LogP contribution is -1.91. The molecule has 0 heterocycles. The third-order valence-electron chi connectivity index (χ3n) is 0.805. The molecule has 0 fully saturated rings. The number of ether oxygens (including phenoxy) is 1. The summed E-state index contributed by atoms with van der Waals surface area (Å²) < 4.78 is 4.85. The first-order valence-electron chi connectivity index (χ1n) is 2.34. The molecular weight excluding hydrogens is 86.9 g/mol. The molecule has 0 aromatic rings. The van der Waals surface area contributed by atoms with Gasteiger partial charge in [-0.2, -0.15) is 0 Å². The standard InChI is InChI=1S/C5H10BO/c1-4-5(6-2)7-3/h4H,1-3H3/b5-4-. The minimum absolute atomic E-state index is 0.931. The molecule has 0 rings (SSSR count). The molecule has 0 aromatic heterocycles. The molecule has 0 saturated carbocycles. The van der Waals surface area contributed by atoms with Crippen LogP contribution in [0.5, 0.6) is 0 Å². The summed E-state index contributed by atoms with van der Waals surface area (Å²) in [6.45, 7) is 3.89. The van der Waals surface area contributed by atoms with E-state index < -0.39 is 0 Å². The maximum Gasteiger partial charge on any atom is 0.197 e. The Hall–Kier alpha value is -0.395. The summed E-state index contributed by atoms with van der Waals surface area (Å²) in [6, 6.07) is 0. The zero-order chi connectivity index (χ0) is 5.70. The van der Waals surface area contributed by atoms with Crippen LogP contribution in [0.4, 0.5) is 0 Å². The molecule has 0 unspecified atom stereocenters. The topological polar surface area (TPSA) is 9.23 Å². The molecule has 0 aromatic carbocycles. The van der Waals surface area contributed by atoms with Crippen LogP contribution in [0.3, 0.4) is 0 Å². The van der Waals surface area contributed by atoms with Crippen molar-refractivity contribution in [2.45, 2.75) is 13.7 Å². The van der Waals surface area contributed by atoms with E-state index in [4.69, 9.17) is 4.74 Å². The first kappa shape index (κ1) is 6.60. The molecule has 0 aliphatic heterocycles. The van der Waals surface area contributed by atoms with E-state index in [2.05, 4.69) is 0 Å². The first-order chi connectivity index (χ1) is 3.35. The van der Waals surface area contributed by atoms with Gasteiger partial charge in [0, 0.05) is 5.66 Å². The van der Waals surface area contributed by atoms with Crippen LogP contribution in [0.25, 0.3) is 0 Å². The molecular formula is C5H10BO. The highest BCUT2D eigenvalue weighted by Crippen LogP contribution is 1.88. The third-order valence-corrected chi connectivity index (χ3v) is 0.805. The zero-order valence-corrected chi connectivity index (χ0v) is 5.06. The van der Waals surface area contributed by atoms with Gasteiger partial charge in [-0.25, -0.2) is 0 Å². The highest BCUT2D eigenvalue weighted by atomic mass is 16.5. The van der Waals surface area contributed by atoms with Crippen LogP contribution in [-0.2, 0) is 4.74 Å². The smallest absolute Gasteiger partial charge is 0.197 e. The number of allylic oxidation sites excluding steroid dienone is 1. The first-order valence-corrected chi connectivity index (χ1v) is 2.34. The molecule has 0 atom stereocenters. The molecule has 1 radical (unpaired) electrons. The Morgan fingerprint density at radius 2 is 2.29 bits per heavy atom. The maximum atomic E-state index is 4.85. The monoisotopic (exact) mass is 97.1 g/mol. The van der Waals surface area contributed by atoms with Crippen molar-refractivity contribution in [3.05, 3.63) is 11.7 Å². The van der Waals surface area contributed by atoms with E-state index in [1.165, 1.54) is 0 Å². The fraction of sp³-hybridized carbons (Fsp3) is 0.600. The minimum Gasteiger partial charge on any atom is -0.512 e. The lowest BCUT2D eigenvalue weighted by atomic mass is 9.79. The maximum absolute atomic E-state index is 4.85. The predicted molar refractivity (Wildman–Crippen MR) is 32.4 cm³/mol. The molecule has 0 spiro atoms. The van der Waals surface area contributed by atoms with E-state index in [9.17, 15) is 0 Å². The van der Waals surface area contributed by atoms with Crippen molar-refractivity contribution in [3.63, 3.8) is 0 Å². The summed E-state index contributed by atoms with van der Waals surface area (Å²) in [6.07, 6.45) is 1.92.